The minimum absolute atomic E-state index is 0.115. The fourth-order valence-electron chi connectivity index (χ4n) is 3.64. The number of nitrogens with zero attached hydrogens (tertiary/aromatic N) is 1. The van der Waals surface area contributed by atoms with E-state index >= 15 is 0 Å². The van der Waals surface area contributed by atoms with Crippen LogP contribution in [0.15, 0.2) is 53.4 Å². The van der Waals surface area contributed by atoms with Crippen molar-refractivity contribution in [2.45, 2.75) is 11.3 Å². The van der Waals surface area contributed by atoms with Crippen molar-refractivity contribution in [1.29, 1.82) is 0 Å². The molecule has 5 nitrogen and oxygen atoms in total. The number of hydrogen-bond acceptors (Lipinski definition) is 5. The monoisotopic (exact) mass is 399 g/mol. The average Bonchev–Trinajstić information content (AvgIpc) is 2.97. The fraction of sp³-hybridized carbons (Fsp3) is 0.318. The van der Waals surface area contributed by atoms with Crippen LogP contribution in [0, 0.1) is 5.92 Å². The third-order valence-corrected chi connectivity index (χ3v) is 6.07. The number of rotatable bonds is 6. The summed E-state index contributed by atoms with van der Waals surface area (Å²) in [6.07, 6.45) is 1.82. The number of ketones is 1. The van der Waals surface area contributed by atoms with Gasteiger partial charge in [-0.15, -0.1) is 0 Å². The minimum Gasteiger partial charge on any atom is -0.497 e. The molecule has 0 radical (unpaired) electrons. The first kappa shape index (κ1) is 20.3. The summed E-state index contributed by atoms with van der Waals surface area (Å²) in [5, 5.41) is 0. The van der Waals surface area contributed by atoms with E-state index in [1.54, 1.807) is 31.4 Å². The van der Waals surface area contributed by atoms with Gasteiger partial charge >= 0.3 is 0 Å². The number of benzene rings is 2. The summed E-state index contributed by atoms with van der Waals surface area (Å²) in [4.78, 5) is 15.5. The highest BCUT2D eigenvalue weighted by atomic mass is 32.2. The Hall–Kier alpha value is -2.44. The van der Waals surface area contributed by atoms with Crippen molar-refractivity contribution in [2.75, 3.05) is 34.0 Å². The van der Waals surface area contributed by atoms with Gasteiger partial charge in [-0.3, -0.25) is 4.79 Å². The van der Waals surface area contributed by atoms with Crippen molar-refractivity contribution >= 4 is 26.8 Å². The molecule has 2 aromatic rings. The Balaban J connectivity index is 2.10. The van der Waals surface area contributed by atoms with Gasteiger partial charge in [0.1, 0.15) is 5.75 Å². The average molecular weight is 400 g/mol. The molecule has 2 aromatic carbocycles. The largest absolute Gasteiger partial charge is 0.497 e. The molecule has 3 rings (SSSR count). The molecule has 0 bridgehead atoms. The molecule has 0 N–H and O–H groups in total. The van der Waals surface area contributed by atoms with Crippen LogP contribution in [0.5, 0.6) is 5.75 Å². The lowest BCUT2D eigenvalue weighted by atomic mass is 9.96. The Kier molecular flexibility index (Phi) is 5.72. The predicted molar refractivity (Wildman–Crippen MR) is 111 cm³/mol. The lowest BCUT2D eigenvalue weighted by Crippen LogP contribution is -2.25. The van der Waals surface area contributed by atoms with Gasteiger partial charge < -0.3 is 9.64 Å². The Bertz CT molecular complexity index is 1020. The number of carbonyl (C=O) groups excluding carboxylic acids is 1. The number of methoxy groups -OCH3 is 1. The smallest absolute Gasteiger partial charge is 0.175 e. The second-order valence-corrected chi connectivity index (χ2v) is 9.43. The van der Waals surface area contributed by atoms with E-state index in [1.165, 1.54) is 6.26 Å². The Labute approximate surface area is 166 Å². The van der Waals surface area contributed by atoms with E-state index < -0.39 is 9.84 Å². The zero-order chi connectivity index (χ0) is 20.5. The molecule has 0 aromatic heterocycles. The summed E-state index contributed by atoms with van der Waals surface area (Å²) in [5.74, 6) is 0.686. The van der Waals surface area contributed by atoms with Crippen molar-refractivity contribution in [3.05, 3.63) is 59.7 Å². The normalized spacial score (nSPS) is 17.5. The maximum Gasteiger partial charge on any atom is 0.175 e. The second-order valence-electron chi connectivity index (χ2n) is 7.41. The first-order valence-electron chi connectivity index (χ1n) is 9.07. The molecule has 6 heteroatoms. The minimum atomic E-state index is -3.26. The van der Waals surface area contributed by atoms with Crippen molar-refractivity contribution in [1.82, 2.24) is 4.90 Å². The van der Waals surface area contributed by atoms with Gasteiger partial charge in [0.25, 0.3) is 0 Å². The van der Waals surface area contributed by atoms with Crippen molar-refractivity contribution < 1.29 is 17.9 Å². The molecule has 28 heavy (non-hydrogen) atoms. The quantitative estimate of drug-likeness (QED) is 0.747. The zero-order valence-electron chi connectivity index (χ0n) is 16.6. The van der Waals surface area contributed by atoms with Crippen LogP contribution < -0.4 is 4.74 Å². The van der Waals surface area contributed by atoms with Crippen LogP contribution >= 0.6 is 0 Å². The van der Waals surface area contributed by atoms with Crippen LogP contribution in [-0.2, 0) is 14.6 Å². The highest BCUT2D eigenvalue weighted by molar-refractivity contribution is 7.90. The summed E-state index contributed by atoms with van der Waals surface area (Å²) in [6.45, 7) is 0.664. The molecular formula is C22H25NO4S. The molecule has 1 aliphatic rings. The van der Waals surface area contributed by atoms with E-state index in [1.807, 2.05) is 43.3 Å². The van der Waals surface area contributed by atoms with Crippen LogP contribution in [0.1, 0.15) is 17.5 Å². The highest BCUT2D eigenvalue weighted by Gasteiger charge is 2.34. The number of carbonyl (C=O) groups is 1. The molecule has 0 aliphatic heterocycles. The summed E-state index contributed by atoms with van der Waals surface area (Å²) in [6, 6.07) is 14.3. The highest BCUT2D eigenvalue weighted by Crippen LogP contribution is 2.41. The van der Waals surface area contributed by atoms with Gasteiger partial charge in [0, 0.05) is 24.3 Å². The number of sulfone groups is 1. The molecule has 0 saturated heterocycles. The molecule has 0 heterocycles. The van der Waals surface area contributed by atoms with Crippen molar-refractivity contribution in [3.8, 4) is 5.75 Å². The summed E-state index contributed by atoms with van der Waals surface area (Å²) < 4.78 is 28.8. The Morgan fingerprint density at radius 3 is 2.32 bits per heavy atom. The molecule has 0 saturated carbocycles. The number of ether oxygens (including phenoxy) is 1. The first-order valence-corrected chi connectivity index (χ1v) is 11.0. The molecule has 1 unspecified atom stereocenters. The van der Waals surface area contributed by atoms with E-state index in [2.05, 4.69) is 0 Å². The summed E-state index contributed by atoms with van der Waals surface area (Å²) in [5.41, 5.74) is 3.34. The lowest BCUT2D eigenvalue weighted by Gasteiger charge is -2.15. The zero-order valence-corrected chi connectivity index (χ0v) is 17.4. The van der Waals surface area contributed by atoms with E-state index in [0.29, 0.717) is 24.3 Å². The number of hydrogen-bond donors (Lipinski definition) is 0. The Morgan fingerprint density at radius 1 is 1.07 bits per heavy atom. The predicted octanol–water partition coefficient (Wildman–Crippen LogP) is 3.16. The molecular weight excluding hydrogens is 374 g/mol. The maximum atomic E-state index is 13.2. The van der Waals surface area contributed by atoms with E-state index in [-0.39, 0.29) is 16.6 Å². The van der Waals surface area contributed by atoms with Gasteiger partial charge in [0.2, 0.25) is 0 Å². The Morgan fingerprint density at radius 2 is 1.75 bits per heavy atom. The molecule has 0 spiro atoms. The molecule has 0 amide bonds. The van der Waals surface area contributed by atoms with Gasteiger partial charge in [0.15, 0.2) is 15.6 Å². The van der Waals surface area contributed by atoms with Crippen LogP contribution in [0.2, 0.25) is 0 Å². The van der Waals surface area contributed by atoms with Crippen molar-refractivity contribution in [2.24, 2.45) is 5.92 Å². The van der Waals surface area contributed by atoms with Gasteiger partial charge in [0.05, 0.1) is 12.0 Å². The first-order chi connectivity index (χ1) is 13.2. The molecule has 1 aliphatic carbocycles. The van der Waals surface area contributed by atoms with Crippen LogP contribution in [-0.4, -0.2) is 53.1 Å². The van der Waals surface area contributed by atoms with E-state index in [4.69, 9.17) is 4.74 Å². The fourth-order valence-corrected chi connectivity index (χ4v) is 4.27. The van der Waals surface area contributed by atoms with Crippen LogP contribution in [0.4, 0.5) is 0 Å². The van der Waals surface area contributed by atoms with Crippen LogP contribution in [0.3, 0.4) is 0 Å². The third kappa shape index (κ3) is 4.18. The maximum absolute atomic E-state index is 13.2. The third-order valence-electron chi connectivity index (χ3n) is 4.94. The SMILES string of the molecule is COc1cccc(C2=C(c3ccc(S(C)(=O)=O)cc3)CC(CN(C)C)C2=O)c1. The second kappa shape index (κ2) is 7.89. The standard InChI is InChI=1S/C22H25NO4S/c1-23(2)14-17-13-20(15-8-10-19(11-9-15)28(4,25)26)21(22(17)24)16-6-5-7-18(12-16)27-3/h5-12,17H,13-14H2,1-4H3. The van der Waals surface area contributed by atoms with Gasteiger partial charge in [-0.1, -0.05) is 24.3 Å². The topological polar surface area (TPSA) is 63.7 Å². The van der Waals surface area contributed by atoms with Crippen LogP contribution in [0.25, 0.3) is 11.1 Å². The van der Waals surface area contributed by atoms with Gasteiger partial charge in [-0.25, -0.2) is 8.42 Å². The summed E-state index contributed by atoms with van der Waals surface area (Å²) >= 11 is 0. The number of Topliss-reactive ketones (excluding diaryl/α,β-unsaturated/α-hetero) is 1. The molecule has 148 valence electrons. The summed E-state index contributed by atoms with van der Waals surface area (Å²) in [7, 11) is 2.25. The van der Waals surface area contributed by atoms with Gasteiger partial charge in [-0.05, 0) is 61.5 Å². The van der Waals surface area contributed by atoms with E-state index in [9.17, 15) is 13.2 Å². The molecule has 0 fully saturated rings. The van der Waals surface area contributed by atoms with E-state index in [0.717, 1.165) is 16.7 Å². The van der Waals surface area contributed by atoms with Gasteiger partial charge in [-0.2, -0.15) is 0 Å². The lowest BCUT2D eigenvalue weighted by molar-refractivity contribution is -0.117. The number of allylic oxidation sites excluding steroid dienone is 2. The van der Waals surface area contributed by atoms with Crippen molar-refractivity contribution in [3.63, 3.8) is 0 Å². The molecule has 1 atom stereocenters.